The molecule has 0 radical (unpaired) electrons. The number of nitrogens with zero attached hydrogens (tertiary/aromatic N) is 2. The number of aromatic nitrogens is 2. The van der Waals surface area contributed by atoms with Crippen LogP contribution in [0.2, 0.25) is 0 Å². The molecule has 0 bridgehead atoms. The predicted octanol–water partition coefficient (Wildman–Crippen LogP) is 2.21. The van der Waals surface area contributed by atoms with Gasteiger partial charge in [0.2, 0.25) is 0 Å². The van der Waals surface area contributed by atoms with Crippen LogP contribution in [0, 0.1) is 6.92 Å². The number of rotatable bonds is 3. The van der Waals surface area contributed by atoms with Gasteiger partial charge in [-0.3, -0.25) is 0 Å². The van der Waals surface area contributed by atoms with Crippen LogP contribution in [0.3, 0.4) is 0 Å². The Kier molecular flexibility index (Phi) is 3.15. The second-order valence-corrected chi connectivity index (χ2v) is 4.03. The van der Waals surface area contributed by atoms with E-state index in [-0.39, 0.29) is 6.04 Å². The molecule has 0 aliphatic carbocycles. The molecular weight excluding hydrogens is 214 g/mol. The van der Waals surface area contributed by atoms with Crippen molar-refractivity contribution in [2.45, 2.75) is 19.9 Å². The van der Waals surface area contributed by atoms with E-state index >= 15 is 0 Å². The highest BCUT2D eigenvalue weighted by atomic mass is 16.5. The number of benzene rings is 1. The summed E-state index contributed by atoms with van der Waals surface area (Å²) in [6, 6.07) is 5.81. The first kappa shape index (κ1) is 11.7. The molecule has 90 valence electrons. The maximum Gasteiger partial charge on any atom is 0.125 e. The molecule has 2 N–H and O–H groups in total. The molecule has 0 fully saturated rings. The van der Waals surface area contributed by atoms with Crippen molar-refractivity contribution >= 4 is 0 Å². The Morgan fingerprint density at radius 1 is 1.41 bits per heavy atom. The molecule has 4 heteroatoms. The quantitative estimate of drug-likeness (QED) is 0.881. The standard InChI is InChI=1S/C13H17N3O/c1-9(14)13-11(5-4-6-12(13)17-3)16-8-7-15-10(16)2/h4-9H,14H2,1-3H3/t9-/m1/s1. The first-order chi connectivity index (χ1) is 8.15. The molecule has 0 spiro atoms. The first-order valence-corrected chi connectivity index (χ1v) is 5.58. The maximum absolute atomic E-state index is 6.03. The van der Waals surface area contributed by atoms with Crippen LogP contribution in [0.15, 0.2) is 30.6 Å². The zero-order chi connectivity index (χ0) is 12.4. The molecule has 2 aromatic rings. The number of aryl methyl sites for hydroxylation is 1. The van der Waals surface area contributed by atoms with E-state index in [1.165, 1.54) is 0 Å². The zero-order valence-corrected chi connectivity index (χ0v) is 10.3. The number of nitrogens with two attached hydrogens (primary N) is 1. The van der Waals surface area contributed by atoms with Gasteiger partial charge in [-0.25, -0.2) is 4.98 Å². The second-order valence-electron chi connectivity index (χ2n) is 4.03. The van der Waals surface area contributed by atoms with Crippen LogP contribution < -0.4 is 10.5 Å². The molecule has 0 aliphatic heterocycles. The molecule has 17 heavy (non-hydrogen) atoms. The minimum Gasteiger partial charge on any atom is -0.496 e. The van der Waals surface area contributed by atoms with E-state index in [1.807, 2.05) is 42.8 Å². The van der Waals surface area contributed by atoms with Crippen LogP contribution in [0.5, 0.6) is 5.75 Å². The van der Waals surface area contributed by atoms with E-state index < -0.39 is 0 Å². The van der Waals surface area contributed by atoms with Gasteiger partial charge in [0.05, 0.1) is 12.8 Å². The van der Waals surface area contributed by atoms with E-state index in [9.17, 15) is 0 Å². The lowest BCUT2D eigenvalue weighted by molar-refractivity contribution is 0.406. The van der Waals surface area contributed by atoms with Crippen LogP contribution in [-0.4, -0.2) is 16.7 Å². The van der Waals surface area contributed by atoms with Crippen molar-refractivity contribution in [2.75, 3.05) is 7.11 Å². The van der Waals surface area contributed by atoms with Crippen molar-refractivity contribution in [3.8, 4) is 11.4 Å². The Labute approximate surface area is 101 Å². The molecule has 0 amide bonds. The van der Waals surface area contributed by atoms with E-state index in [0.717, 1.165) is 22.8 Å². The molecule has 2 rings (SSSR count). The van der Waals surface area contributed by atoms with Crippen molar-refractivity contribution in [3.63, 3.8) is 0 Å². The van der Waals surface area contributed by atoms with E-state index in [1.54, 1.807) is 13.3 Å². The third-order valence-electron chi connectivity index (χ3n) is 2.80. The summed E-state index contributed by atoms with van der Waals surface area (Å²) in [6.45, 7) is 3.91. The van der Waals surface area contributed by atoms with Gasteiger partial charge in [0.25, 0.3) is 0 Å². The number of hydrogen-bond donors (Lipinski definition) is 1. The molecule has 0 saturated carbocycles. The Morgan fingerprint density at radius 3 is 2.71 bits per heavy atom. The number of hydrogen-bond acceptors (Lipinski definition) is 3. The predicted molar refractivity (Wildman–Crippen MR) is 67.5 cm³/mol. The van der Waals surface area contributed by atoms with Gasteiger partial charge in [-0.05, 0) is 26.0 Å². The highest BCUT2D eigenvalue weighted by Crippen LogP contribution is 2.30. The van der Waals surface area contributed by atoms with Gasteiger partial charge < -0.3 is 15.0 Å². The largest absolute Gasteiger partial charge is 0.496 e. The van der Waals surface area contributed by atoms with Gasteiger partial charge in [0.1, 0.15) is 11.6 Å². The molecule has 0 unspecified atom stereocenters. The summed E-state index contributed by atoms with van der Waals surface area (Å²) in [5.41, 5.74) is 8.05. The normalized spacial score (nSPS) is 12.5. The molecule has 1 aromatic heterocycles. The molecule has 0 aliphatic rings. The average Bonchev–Trinajstić information content (AvgIpc) is 2.74. The highest BCUT2D eigenvalue weighted by molar-refractivity contribution is 5.52. The van der Waals surface area contributed by atoms with E-state index in [4.69, 9.17) is 10.5 Å². The Morgan fingerprint density at radius 2 is 2.18 bits per heavy atom. The van der Waals surface area contributed by atoms with Gasteiger partial charge in [-0.1, -0.05) is 6.07 Å². The van der Waals surface area contributed by atoms with Gasteiger partial charge in [0, 0.05) is 24.0 Å². The van der Waals surface area contributed by atoms with Crippen LogP contribution in [0.4, 0.5) is 0 Å². The molecule has 1 heterocycles. The Hall–Kier alpha value is -1.81. The number of imidazole rings is 1. The fourth-order valence-electron chi connectivity index (χ4n) is 2.01. The third kappa shape index (κ3) is 2.03. The fraction of sp³-hybridized carbons (Fsp3) is 0.308. The highest BCUT2D eigenvalue weighted by Gasteiger charge is 2.15. The Bertz CT molecular complexity index is 517. The molecule has 1 atom stereocenters. The van der Waals surface area contributed by atoms with Crippen LogP contribution in [-0.2, 0) is 0 Å². The number of methoxy groups -OCH3 is 1. The topological polar surface area (TPSA) is 53.1 Å². The fourth-order valence-corrected chi connectivity index (χ4v) is 2.01. The summed E-state index contributed by atoms with van der Waals surface area (Å²) in [6.07, 6.45) is 3.70. The molecular formula is C13H17N3O. The summed E-state index contributed by atoms with van der Waals surface area (Å²) in [5, 5.41) is 0. The van der Waals surface area contributed by atoms with Crippen molar-refractivity contribution in [1.82, 2.24) is 9.55 Å². The van der Waals surface area contributed by atoms with Crippen LogP contribution in [0.25, 0.3) is 5.69 Å². The smallest absolute Gasteiger partial charge is 0.125 e. The van der Waals surface area contributed by atoms with Crippen LogP contribution in [0.1, 0.15) is 24.4 Å². The van der Waals surface area contributed by atoms with E-state index in [2.05, 4.69) is 4.98 Å². The molecule has 4 nitrogen and oxygen atoms in total. The minimum absolute atomic E-state index is 0.0945. The average molecular weight is 231 g/mol. The van der Waals surface area contributed by atoms with Crippen molar-refractivity contribution in [1.29, 1.82) is 0 Å². The monoisotopic (exact) mass is 231 g/mol. The SMILES string of the molecule is COc1cccc(-n2ccnc2C)c1[C@@H](C)N. The lowest BCUT2D eigenvalue weighted by Crippen LogP contribution is -2.12. The third-order valence-corrected chi connectivity index (χ3v) is 2.80. The second kappa shape index (κ2) is 4.59. The first-order valence-electron chi connectivity index (χ1n) is 5.58. The lowest BCUT2D eigenvalue weighted by Gasteiger charge is -2.18. The molecule has 1 aromatic carbocycles. The summed E-state index contributed by atoms with van der Waals surface area (Å²) in [4.78, 5) is 4.23. The summed E-state index contributed by atoms with van der Waals surface area (Å²) < 4.78 is 7.39. The minimum atomic E-state index is -0.0945. The van der Waals surface area contributed by atoms with Gasteiger partial charge in [-0.15, -0.1) is 0 Å². The van der Waals surface area contributed by atoms with Crippen LogP contribution >= 0.6 is 0 Å². The molecule has 0 saturated heterocycles. The van der Waals surface area contributed by atoms with E-state index in [0.29, 0.717) is 0 Å². The lowest BCUT2D eigenvalue weighted by atomic mass is 10.1. The summed E-state index contributed by atoms with van der Waals surface area (Å²) in [5.74, 6) is 1.74. The van der Waals surface area contributed by atoms with Crippen molar-refractivity contribution in [3.05, 3.63) is 42.0 Å². The maximum atomic E-state index is 6.03. The summed E-state index contributed by atoms with van der Waals surface area (Å²) in [7, 11) is 1.66. The van der Waals surface area contributed by atoms with Gasteiger partial charge in [-0.2, -0.15) is 0 Å². The van der Waals surface area contributed by atoms with Gasteiger partial charge in [0.15, 0.2) is 0 Å². The van der Waals surface area contributed by atoms with Gasteiger partial charge >= 0.3 is 0 Å². The Balaban J connectivity index is 2.65. The van der Waals surface area contributed by atoms with Crippen molar-refractivity contribution < 1.29 is 4.74 Å². The zero-order valence-electron chi connectivity index (χ0n) is 10.3. The summed E-state index contributed by atoms with van der Waals surface area (Å²) >= 11 is 0. The van der Waals surface area contributed by atoms with Crippen molar-refractivity contribution in [2.24, 2.45) is 5.73 Å². The number of ether oxygens (including phenoxy) is 1.